The van der Waals surface area contributed by atoms with Crippen LogP contribution < -0.4 is 5.73 Å². The Kier molecular flexibility index (Phi) is 3.10. The van der Waals surface area contributed by atoms with Gasteiger partial charge in [-0.3, -0.25) is 0 Å². The first-order valence-corrected chi connectivity index (χ1v) is 5.80. The average molecular weight is 199 g/mol. The fourth-order valence-corrected chi connectivity index (χ4v) is 2.52. The normalized spacial score (nSPS) is 43.3. The molecule has 82 valence electrons. The zero-order chi connectivity index (χ0) is 10.0. The summed E-state index contributed by atoms with van der Waals surface area (Å²) in [6.07, 6.45) is 6.02. The van der Waals surface area contributed by atoms with Crippen LogP contribution in [0.3, 0.4) is 0 Å². The second-order valence-corrected chi connectivity index (χ2v) is 4.55. The number of ether oxygens (including phenoxy) is 2. The Bertz CT molecular complexity index is 188. The van der Waals surface area contributed by atoms with Crippen molar-refractivity contribution >= 4 is 0 Å². The lowest BCUT2D eigenvalue weighted by molar-refractivity contribution is -0.191. The van der Waals surface area contributed by atoms with E-state index in [9.17, 15) is 0 Å². The van der Waals surface area contributed by atoms with Gasteiger partial charge in [0.05, 0.1) is 12.7 Å². The zero-order valence-electron chi connectivity index (χ0n) is 9.00. The quantitative estimate of drug-likeness (QED) is 0.735. The molecule has 0 radical (unpaired) electrons. The molecule has 3 nitrogen and oxygen atoms in total. The van der Waals surface area contributed by atoms with E-state index < -0.39 is 0 Å². The standard InChI is InChI=1S/C11H21NO2/c1-2-9-3-5-11(6-4-9)13-8-10(7-12)14-11/h9-10H,2-8,12H2,1H3. The Morgan fingerprint density at radius 1 is 1.36 bits per heavy atom. The fraction of sp³-hybridized carbons (Fsp3) is 1.00. The average Bonchev–Trinajstić information content (AvgIpc) is 2.63. The van der Waals surface area contributed by atoms with Crippen LogP contribution in [0.4, 0.5) is 0 Å². The van der Waals surface area contributed by atoms with E-state index in [1.165, 1.54) is 19.3 Å². The van der Waals surface area contributed by atoms with E-state index in [-0.39, 0.29) is 11.9 Å². The Balaban J connectivity index is 1.87. The molecule has 0 amide bonds. The maximum absolute atomic E-state index is 5.88. The highest BCUT2D eigenvalue weighted by Gasteiger charge is 2.43. The van der Waals surface area contributed by atoms with Crippen LogP contribution in [0.1, 0.15) is 39.0 Å². The van der Waals surface area contributed by atoms with Gasteiger partial charge in [0.15, 0.2) is 5.79 Å². The molecule has 2 rings (SSSR count). The Morgan fingerprint density at radius 2 is 2.07 bits per heavy atom. The highest BCUT2D eigenvalue weighted by atomic mass is 16.7. The van der Waals surface area contributed by atoms with Gasteiger partial charge in [0.25, 0.3) is 0 Å². The first kappa shape index (κ1) is 10.4. The van der Waals surface area contributed by atoms with Gasteiger partial charge in [0, 0.05) is 19.4 Å². The van der Waals surface area contributed by atoms with Crippen molar-refractivity contribution < 1.29 is 9.47 Å². The summed E-state index contributed by atoms with van der Waals surface area (Å²) in [4.78, 5) is 0. The van der Waals surface area contributed by atoms with Gasteiger partial charge < -0.3 is 15.2 Å². The van der Waals surface area contributed by atoms with Gasteiger partial charge >= 0.3 is 0 Å². The molecule has 1 heterocycles. The molecule has 0 aromatic rings. The molecule has 14 heavy (non-hydrogen) atoms. The van der Waals surface area contributed by atoms with Gasteiger partial charge in [-0.15, -0.1) is 0 Å². The largest absolute Gasteiger partial charge is 0.347 e. The van der Waals surface area contributed by atoms with Gasteiger partial charge in [-0.1, -0.05) is 13.3 Å². The van der Waals surface area contributed by atoms with E-state index in [2.05, 4.69) is 6.92 Å². The van der Waals surface area contributed by atoms with E-state index in [1.54, 1.807) is 0 Å². The monoisotopic (exact) mass is 199 g/mol. The third kappa shape index (κ3) is 1.95. The van der Waals surface area contributed by atoms with E-state index in [1.807, 2.05) is 0 Å². The van der Waals surface area contributed by atoms with Crippen molar-refractivity contribution in [3.8, 4) is 0 Å². The molecule has 0 aromatic carbocycles. The number of nitrogens with two attached hydrogens (primary N) is 1. The van der Waals surface area contributed by atoms with Crippen molar-refractivity contribution in [2.45, 2.75) is 50.9 Å². The second kappa shape index (κ2) is 4.17. The van der Waals surface area contributed by atoms with Gasteiger partial charge in [0.2, 0.25) is 0 Å². The van der Waals surface area contributed by atoms with Crippen LogP contribution in [0.2, 0.25) is 0 Å². The first-order chi connectivity index (χ1) is 6.78. The molecule has 2 aliphatic rings. The van der Waals surface area contributed by atoms with Crippen LogP contribution in [-0.2, 0) is 9.47 Å². The minimum Gasteiger partial charge on any atom is -0.347 e. The topological polar surface area (TPSA) is 44.5 Å². The van der Waals surface area contributed by atoms with E-state index in [4.69, 9.17) is 15.2 Å². The molecule has 1 unspecified atom stereocenters. The predicted molar refractivity (Wildman–Crippen MR) is 54.9 cm³/mol. The number of rotatable bonds is 2. The first-order valence-electron chi connectivity index (χ1n) is 5.80. The van der Waals surface area contributed by atoms with Crippen LogP contribution in [0.25, 0.3) is 0 Å². The lowest BCUT2D eigenvalue weighted by Crippen LogP contribution is -2.36. The highest BCUT2D eigenvalue weighted by molar-refractivity contribution is 4.85. The van der Waals surface area contributed by atoms with Crippen molar-refractivity contribution in [2.75, 3.05) is 13.2 Å². The molecule has 1 aliphatic heterocycles. The van der Waals surface area contributed by atoms with Crippen LogP contribution >= 0.6 is 0 Å². The van der Waals surface area contributed by atoms with Crippen LogP contribution in [-0.4, -0.2) is 25.0 Å². The third-order valence-corrected chi connectivity index (χ3v) is 3.62. The molecule has 0 aromatic heterocycles. The molecule has 1 saturated heterocycles. The predicted octanol–water partition coefficient (Wildman–Crippen LogP) is 1.66. The fourth-order valence-electron chi connectivity index (χ4n) is 2.52. The molecule has 1 spiro atoms. The summed E-state index contributed by atoms with van der Waals surface area (Å²) in [5.41, 5.74) is 5.57. The van der Waals surface area contributed by atoms with Crippen molar-refractivity contribution in [1.82, 2.24) is 0 Å². The highest BCUT2D eigenvalue weighted by Crippen LogP contribution is 2.40. The van der Waals surface area contributed by atoms with Gasteiger partial charge in [0.1, 0.15) is 0 Å². The molecular weight excluding hydrogens is 178 g/mol. The molecule has 1 saturated carbocycles. The van der Waals surface area contributed by atoms with Crippen LogP contribution in [0, 0.1) is 5.92 Å². The minimum atomic E-state index is -0.254. The molecule has 1 atom stereocenters. The summed E-state index contributed by atoms with van der Waals surface area (Å²) in [5, 5.41) is 0. The smallest absolute Gasteiger partial charge is 0.168 e. The van der Waals surface area contributed by atoms with E-state index in [0.717, 1.165) is 18.8 Å². The lowest BCUT2D eigenvalue weighted by Gasteiger charge is -2.35. The molecule has 0 bridgehead atoms. The maximum Gasteiger partial charge on any atom is 0.168 e. The summed E-state index contributed by atoms with van der Waals surface area (Å²) >= 11 is 0. The Morgan fingerprint density at radius 3 is 2.57 bits per heavy atom. The van der Waals surface area contributed by atoms with Crippen molar-refractivity contribution in [1.29, 1.82) is 0 Å². The van der Waals surface area contributed by atoms with Gasteiger partial charge in [-0.25, -0.2) is 0 Å². The van der Waals surface area contributed by atoms with E-state index >= 15 is 0 Å². The van der Waals surface area contributed by atoms with Crippen LogP contribution in [0.15, 0.2) is 0 Å². The lowest BCUT2D eigenvalue weighted by atomic mass is 9.84. The van der Waals surface area contributed by atoms with Crippen LogP contribution in [0.5, 0.6) is 0 Å². The summed E-state index contributed by atoms with van der Waals surface area (Å²) in [6, 6.07) is 0. The Labute approximate surface area is 85.9 Å². The van der Waals surface area contributed by atoms with Gasteiger partial charge in [-0.05, 0) is 18.8 Å². The van der Waals surface area contributed by atoms with Crippen molar-refractivity contribution in [2.24, 2.45) is 11.7 Å². The SMILES string of the molecule is CCC1CCC2(CC1)OCC(CN)O2. The van der Waals surface area contributed by atoms with Crippen molar-refractivity contribution in [3.63, 3.8) is 0 Å². The molecule has 1 aliphatic carbocycles. The summed E-state index contributed by atoms with van der Waals surface area (Å²) < 4.78 is 11.7. The minimum absolute atomic E-state index is 0.133. The zero-order valence-corrected chi connectivity index (χ0v) is 9.00. The summed E-state index contributed by atoms with van der Waals surface area (Å²) in [7, 11) is 0. The number of hydrogen-bond donors (Lipinski definition) is 1. The second-order valence-electron chi connectivity index (χ2n) is 4.55. The molecule has 2 fully saturated rings. The Hall–Kier alpha value is -0.120. The summed E-state index contributed by atoms with van der Waals surface area (Å²) in [5.74, 6) is 0.625. The number of hydrogen-bond acceptors (Lipinski definition) is 3. The molecular formula is C11H21NO2. The van der Waals surface area contributed by atoms with E-state index in [0.29, 0.717) is 13.2 Å². The van der Waals surface area contributed by atoms with Crippen molar-refractivity contribution in [3.05, 3.63) is 0 Å². The molecule has 3 heteroatoms. The van der Waals surface area contributed by atoms with Gasteiger partial charge in [-0.2, -0.15) is 0 Å². The third-order valence-electron chi connectivity index (χ3n) is 3.62. The summed E-state index contributed by atoms with van der Waals surface area (Å²) in [6.45, 7) is 3.54. The molecule has 2 N–H and O–H groups in total. The maximum atomic E-state index is 5.88.